The minimum atomic E-state index is -1.68. The van der Waals surface area contributed by atoms with E-state index in [1.807, 2.05) is 24.3 Å². The molecule has 0 saturated carbocycles. The zero-order valence-electron chi connectivity index (χ0n) is 18.9. The van der Waals surface area contributed by atoms with E-state index in [9.17, 15) is 19.5 Å². The van der Waals surface area contributed by atoms with Crippen LogP contribution in [0.15, 0.2) is 39.1 Å². The first-order valence-corrected chi connectivity index (χ1v) is 12.4. The minimum absolute atomic E-state index is 0.107. The number of oxime groups is 1. The number of aromatic nitrogens is 2. The van der Waals surface area contributed by atoms with Crippen LogP contribution in [0.1, 0.15) is 40.3 Å². The van der Waals surface area contributed by atoms with Gasteiger partial charge in [-0.3, -0.25) is 10.1 Å². The van der Waals surface area contributed by atoms with Gasteiger partial charge in [0, 0.05) is 5.38 Å². The van der Waals surface area contributed by atoms with E-state index in [-0.39, 0.29) is 16.5 Å². The van der Waals surface area contributed by atoms with Crippen molar-refractivity contribution in [1.82, 2.24) is 9.97 Å². The van der Waals surface area contributed by atoms with E-state index in [2.05, 4.69) is 20.4 Å². The number of amides is 1. The molecule has 13 heteroatoms. The largest absolute Gasteiger partial charge is 0.478 e. The quantitative estimate of drug-likeness (QED) is 0.249. The average Bonchev–Trinajstić information content (AvgIpc) is 3.32. The van der Waals surface area contributed by atoms with E-state index in [4.69, 9.17) is 9.57 Å². The Morgan fingerprint density at radius 3 is 2.47 bits per heavy atom. The molecule has 0 saturated heterocycles. The van der Waals surface area contributed by atoms with Crippen LogP contribution in [0.3, 0.4) is 0 Å². The fourth-order valence-electron chi connectivity index (χ4n) is 2.24. The number of hydrogen-bond acceptors (Lipinski definition) is 11. The number of carbonyl (C=O) groups is 3. The van der Waals surface area contributed by atoms with Crippen molar-refractivity contribution in [3.8, 4) is 0 Å². The Morgan fingerprint density at radius 2 is 1.82 bits per heavy atom. The van der Waals surface area contributed by atoms with Gasteiger partial charge >= 0.3 is 12.1 Å². The Kier molecular flexibility index (Phi) is 7.58. The second-order valence-electron chi connectivity index (χ2n) is 8.35. The summed E-state index contributed by atoms with van der Waals surface area (Å²) < 4.78 is 6.60. The Hall–Kier alpha value is -3.03. The molecular weight excluding hydrogens is 500 g/mol. The fraction of sp³-hybridized carbons (Fsp3) is 0.333. The van der Waals surface area contributed by atoms with Crippen LogP contribution in [0, 0.1) is 0 Å². The lowest BCUT2D eigenvalue weighted by Gasteiger charge is -2.18. The van der Waals surface area contributed by atoms with Gasteiger partial charge < -0.3 is 14.7 Å². The van der Waals surface area contributed by atoms with E-state index >= 15 is 0 Å². The molecule has 0 radical (unpaired) electrons. The smallest absolute Gasteiger partial charge is 0.413 e. The molecule has 0 spiro atoms. The van der Waals surface area contributed by atoms with Crippen molar-refractivity contribution in [1.29, 1.82) is 0 Å². The lowest BCUT2D eigenvalue weighted by atomic mass is 10.1. The van der Waals surface area contributed by atoms with Crippen molar-refractivity contribution < 1.29 is 29.1 Å². The molecule has 2 N–H and O–H groups in total. The van der Waals surface area contributed by atoms with E-state index in [0.717, 1.165) is 33.3 Å². The number of carbonyl (C=O) groups excluding carboxylic acids is 2. The lowest BCUT2D eigenvalue weighted by molar-refractivity contribution is -0.161. The van der Waals surface area contributed by atoms with Gasteiger partial charge in [-0.1, -0.05) is 17.3 Å². The molecule has 0 fully saturated rings. The molecule has 10 nitrogen and oxygen atoms in total. The fourth-order valence-corrected chi connectivity index (χ4v) is 4.82. The number of fused-ring (bicyclic) bond motifs is 1. The van der Waals surface area contributed by atoms with Crippen molar-refractivity contribution >= 4 is 72.7 Å². The van der Waals surface area contributed by atoms with E-state index in [1.54, 1.807) is 20.8 Å². The maximum Gasteiger partial charge on any atom is 0.413 e. The summed E-state index contributed by atoms with van der Waals surface area (Å²) in [7, 11) is 0. The van der Waals surface area contributed by atoms with Gasteiger partial charge in [0.05, 0.1) is 10.2 Å². The molecule has 0 aliphatic rings. The predicted octanol–water partition coefficient (Wildman–Crippen LogP) is 5.00. The average molecular weight is 523 g/mol. The van der Waals surface area contributed by atoms with Gasteiger partial charge in [-0.05, 0) is 58.5 Å². The molecule has 2 heterocycles. The second kappa shape index (κ2) is 10.1. The number of carboxylic acid groups (broad SMARTS) is 1. The summed E-state index contributed by atoms with van der Waals surface area (Å²) in [5.41, 5.74) is -1.73. The third kappa shape index (κ3) is 6.74. The second-order valence-corrected chi connectivity index (χ2v) is 11.5. The summed E-state index contributed by atoms with van der Waals surface area (Å²) in [6.45, 7) is 7.79. The third-order valence-corrected chi connectivity index (χ3v) is 6.62. The van der Waals surface area contributed by atoms with Gasteiger partial charge in [0.1, 0.15) is 11.3 Å². The summed E-state index contributed by atoms with van der Waals surface area (Å²) >= 11 is 3.21. The number of para-hydroxylation sites is 1. The van der Waals surface area contributed by atoms with Crippen molar-refractivity contribution in [3.63, 3.8) is 0 Å². The molecule has 0 atom stereocenters. The molecule has 0 bridgehead atoms. The number of ether oxygens (including phenoxy) is 1. The monoisotopic (exact) mass is 522 g/mol. The molecule has 3 rings (SSSR count). The number of hydrogen-bond donors (Lipinski definition) is 2. The van der Waals surface area contributed by atoms with E-state index in [0.29, 0.717) is 4.34 Å². The van der Waals surface area contributed by atoms with Crippen LogP contribution >= 0.6 is 34.4 Å². The standard InChI is InChI=1S/C21H22N4O6S3/c1-20(2,3)30-18(29)24-17-22-12(10-32-17)14(25-31-21(4,5)16(27)28)15(26)34-19-23-11-8-6-7-9-13(11)33-19/h6-10H,1-5H3,(H,27,28)(H,22,24,29). The highest BCUT2D eigenvalue weighted by Crippen LogP contribution is 2.31. The van der Waals surface area contributed by atoms with Crippen molar-refractivity contribution in [3.05, 3.63) is 35.3 Å². The van der Waals surface area contributed by atoms with Crippen LogP contribution in [0.5, 0.6) is 0 Å². The topological polar surface area (TPSA) is 140 Å². The summed E-state index contributed by atoms with van der Waals surface area (Å²) in [5.74, 6) is -1.26. The number of anilines is 1. The maximum atomic E-state index is 13.1. The minimum Gasteiger partial charge on any atom is -0.478 e. The van der Waals surface area contributed by atoms with Gasteiger partial charge in [-0.25, -0.2) is 19.6 Å². The molecule has 1 amide bonds. The van der Waals surface area contributed by atoms with Crippen LogP contribution in [-0.2, 0) is 19.2 Å². The van der Waals surface area contributed by atoms with E-state index in [1.165, 1.54) is 30.6 Å². The predicted molar refractivity (Wildman–Crippen MR) is 132 cm³/mol. The van der Waals surface area contributed by atoms with Crippen LogP contribution in [0.2, 0.25) is 0 Å². The highest BCUT2D eigenvalue weighted by molar-refractivity contribution is 8.16. The zero-order chi connectivity index (χ0) is 25.1. The normalized spacial score (nSPS) is 12.4. The van der Waals surface area contributed by atoms with Crippen LogP contribution in [-0.4, -0.2) is 49.2 Å². The molecule has 2 aromatic heterocycles. The zero-order valence-corrected chi connectivity index (χ0v) is 21.4. The van der Waals surface area contributed by atoms with E-state index < -0.39 is 28.4 Å². The van der Waals surface area contributed by atoms with Crippen LogP contribution in [0.4, 0.5) is 9.93 Å². The van der Waals surface area contributed by atoms with Crippen molar-refractivity contribution in [2.24, 2.45) is 5.16 Å². The SMILES string of the molecule is CC(C)(C)OC(=O)Nc1nc(C(=NOC(C)(C)C(=O)O)C(=O)Sc2nc3ccccc3s2)cs1. The number of thioether (sulfide) groups is 1. The molecule has 3 aromatic rings. The van der Waals surface area contributed by atoms with Gasteiger partial charge in [0.25, 0.3) is 0 Å². The highest BCUT2D eigenvalue weighted by atomic mass is 32.2. The van der Waals surface area contributed by atoms with Gasteiger partial charge in [-0.15, -0.1) is 22.7 Å². The molecule has 34 heavy (non-hydrogen) atoms. The van der Waals surface area contributed by atoms with Gasteiger partial charge in [0.15, 0.2) is 15.2 Å². The summed E-state index contributed by atoms with van der Waals surface area (Å²) in [6, 6.07) is 7.45. The van der Waals surface area contributed by atoms with Crippen LogP contribution < -0.4 is 5.32 Å². The molecule has 0 aliphatic heterocycles. The Morgan fingerprint density at radius 1 is 1.12 bits per heavy atom. The molecule has 1 aromatic carbocycles. The maximum absolute atomic E-state index is 13.1. The summed E-state index contributed by atoms with van der Waals surface area (Å²) in [4.78, 5) is 50.4. The number of nitrogens with one attached hydrogen (secondary N) is 1. The molecule has 0 aliphatic carbocycles. The number of carboxylic acids is 1. The van der Waals surface area contributed by atoms with Crippen molar-refractivity contribution in [2.75, 3.05) is 5.32 Å². The first-order valence-electron chi connectivity index (χ1n) is 9.87. The van der Waals surface area contributed by atoms with Gasteiger partial charge in [0.2, 0.25) is 10.7 Å². The lowest BCUT2D eigenvalue weighted by Crippen LogP contribution is -2.33. The highest BCUT2D eigenvalue weighted by Gasteiger charge is 2.31. The first-order chi connectivity index (χ1) is 15.8. The molecule has 180 valence electrons. The van der Waals surface area contributed by atoms with Crippen LogP contribution in [0.25, 0.3) is 10.2 Å². The van der Waals surface area contributed by atoms with Gasteiger partial charge in [-0.2, -0.15) is 0 Å². The Balaban J connectivity index is 1.86. The Labute approximate surface area is 207 Å². The first kappa shape index (κ1) is 25.6. The number of thiazole rings is 2. The van der Waals surface area contributed by atoms with Crippen molar-refractivity contribution in [2.45, 2.75) is 50.2 Å². The molecule has 0 unspecified atom stereocenters. The number of benzene rings is 1. The third-order valence-electron chi connectivity index (χ3n) is 3.88. The number of nitrogens with zero attached hydrogens (tertiary/aromatic N) is 3. The number of aliphatic carboxylic acids is 1. The molecular formula is C21H22N4O6S3. The number of rotatable bonds is 7. The summed E-state index contributed by atoms with van der Waals surface area (Å²) in [6.07, 6.45) is -0.703. The Bertz CT molecular complexity index is 1230. The summed E-state index contributed by atoms with van der Waals surface area (Å²) in [5, 5.41) is 16.8.